The molecule has 0 aliphatic heterocycles. The van der Waals surface area contributed by atoms with Gasteiger partial charge >= 0.3 is 0 Å². The maximum atomic E-state index is 11.9. The van der Waals surface area contributed by atoms with Crippen LogP contribution in [-0.2, 0) is 18.3 Å². The highest BCUT2D eigenvalue weighted by atomic mass is 32.1. The van der Waals surface area contributed by atoms with E-state index in [2.05, 4.69) is 27.5 Å². The molecule has 3 aromatic rings. The number of hydrogen-bond acceptors (Lipinski definition) is 4. The van der Waals surface area contributed by atoms with Crippen LogP contribution < -0.4 is 5.32 Å². The first-order valence-corrected chi connectivity index (χ1v) is 7.97. The van der Waals surface area contributed by atoms with Gasteiger partial charge in [0.15, 0.2) is 5.13 Å². The second-order valence-corrected chi connectivity index (χ2v) is 6.18. The molecular weight excluding hydrogens is 308 g/mol. The number of carbonyl (C=O) groups excluding carboxylic acids is 1. The van der Waals surface area contributed by atoms with Crippen LogP contribution in [0.25, 0.3) is 6.08 Å². The van der Waals surface area contributed by atoms with Crippen molar-refractivity contribution in [3.05, 3.63) is 71.0 Å². The van der Waals surface area contributed by atoms with E-state index in [1.807, 2.05) is 31.4 Å². The van der Waals surface area contributed by atoms with Gasteiger partial charge in [0.2, 0.25) is 5.91 Å². The van der Waals surface area contributed by atoms with Crippen LogP contribution in [0.4, 0.5) is 5.13 Å². The van der Waals surface area contributed by atoms with Crippen LogP contribution in [0.15, 0.2) is 55.0 Å². The molecule has 0 bridgehead atoms. The third-order valence-corrected chi connectivity index (χ3v) is 4.07. The molecule has 0 spiro atoms. The lowest BCUT2D eigenvalue weighted by Crippen LogP contribution is -2.06. The smallest absolute Gasteiger partial charge is 0.250 e. The number of aromatic nitrogens is 3. The Balaban J connectivity index is 1.58. The molecule has 1 aromatic carbocycles. The summed E-state index contributed by atoms with van der Waals surface area (Å²) in [5.41, 5.74) is 2.11. The van der Waals surface area contributed by atoms with Gasteiger partial charge in [0.1, 0.15) is 0 Å². The average Bonchev–Trinajstić information content (AvgIpc) is 3.15. The summed E-state index contributed by atoms with van der Waals surface area (Å²) >= 11 is 1.49. The van der Waals surface area contributed by atoms with E-state index in [9.17, 15) is 4.79 Å². The standard InChI is InChI=1S/C17H16N4OS/c1-21-12-14(10-19-21)7-8-16(22)20-17-18-11-15(23-17)9-13-5-3-2-4-6-13/h2-8,10-12H,9H2,1H3,(H,18,20,22). The normalized spacial score (nSPS) is 11.0. The lowest BCUT2D eigenvalue weighted by Gasteiger charge is -1.97. The van der Waals surface area contributed by atoms with Gasteiger partial charge in [-0.05, 0) is 11.6 Å². The molecule has 1 amide bonds. The largest absolute Gasteiger partial charge is 0.298 e. The van der Waals surface area contributed by atoms with Crippen molar-refractivity contribution in [3.8, 4) is 0 Å². The Labute approximate surface area is 138 Å². The number of aryl methyl sites for hydroxylation is 1. The van der Waals surface area contributed by atoms with Crippen molar-refractivity contribution in [1.82, 2.24) is 14.8 Å². The Morgan fingerprint density at radius 1 is 1.30 bits per heavy atom. The second-order valence-electron chi connectivity index (χ2n) is 5.06. The van der Waals surface area contributed by atoms with Gasteiger partial charge in [-0.2, -0.15) is 5.10 Å². The number of thiazole rings is 1. The van der Waals surface area contributed by atoms with E-state index in [0.717, 1.165) is 16.9 Å². The lowest BCUT2D eigenvalue weighted by molar-refractivity contribution is -0.111. The fourth-order valence-corrected chi connectivity index (χ4v) is 2.94. The van der Waals surface area contributed by atoms with E-state index in [0.29, 0.717) is 5.13 Å². The quantitative estimate of drug-likeness (QED) is 0.734. The molecule has 6 heteroatoms. The van der Waals surface area contributed by atoms with Crippen molar-refractivity contribution in [1.29, 1.82) is 0 Å². The highest BCUT2D eigenvalue weighted by Gasteiger charge is 2.05. The maximum Gasteiger partial charge on any atom is 0.250 e. The predicted octanol–water partition coefficient (Wildman–Crippen LogP) is 3.12. The van der Waals surface area contributed by atoms with E-state index < -0.39 is 0 Å². The Morgan fingerprint density at radius 3 is 2.87 bits per heavy atom. The van der Waals surface area contributed by atoms with Crippen molar-refractivity contribution in [2.75, 3.05) is 5.32 Å². The first-order valence-electron chi connectivity index (χ1n) is 7.15. The molecule has 0 saturated carbocycles. The van der Waals surface area contributed by atoms with Crippen LogP contribution in [0.2, 0.25) is 0 Å². The van der Waals surface area contributed by atoms with Crippen LogP contribution in [0, 0.1) is 0 Å². The molecule has 23 heavy (non-hydrogen) atoms. The van der Waals surface area contributed by atoms with Gasteiger partial charge in [0.05, 0.1) is 6.20 Å². The van der Waals surface area contributed by atoms with Gasteiger partial charge in [-0.3, -0.25) is 14.8 Å². The second kappa shape index (κ2) is 7.02. The number of rotatable bonds is 5. The minimum absolute atomic E-state index is 0.200. The summed E-state index contributed by atoms with van der Waals surface area (Å²) in [5, 5.41) is 7.43. The molecule has 1 N–H and O–H groups in total. The van der Waals surface area contributed by atoms with Crippen molar-refractivity contribution >= 4 is 28.5 Å². The molecule has 0 aliphatic rings. The summed E-state index contributed by atoms with van der Waals surface area (Å²) in [6, 6.07) is 10.2. The van der Waals surface area contributed by atoms with Crippen molar-refractivity contribution in [3.63, 3.8) is 0 Å². The molecular formula is C17H16N4OS. The minimum Gasteiger partial charge on any atom is -0.298 e. The molecule has 0 aliphatic carbocycles. The average molecular weight is 324 g/mol. The van der Waals surface area contributed by atoms with Crippen LogP contribution in [0.5, 0.6) is 0 Å². The summed E-state index contributed by atoms with van der Waals surface area (Å²) < 4.78 is 1.69. The summed E-state index contributed by atoms with van der Waals surface area (Å²) in [6.45, 7) is 0. The molecule has 0 radical (unpaired) electrons. The van der Waals surface area contributed by atoms with E-state index >= 15 is 0 Å². The number of hydrogen-bond donors (Lipinski definition) is 1. The number of amides is 1. The Hall–Kier alpha value is -2.73. The zero-order chi connectivity index (χ0) is 16.1. The molecule has 0 fully saturated rings. The fourth-order valence-electron chi connectivity index (χ4n) is 2.09. The Kier molecular flexibility index (Phi) is 4.63. The Morgan fingerprint density at radius 2 is 2.13 bits per heavy atom. The number of nitrogens with one attached hydrogen (secondary N) is 1. The number of benzene rings is 1. The zero-order valence-corrected chi connectivity index (χ0v) is 13.5. The van der Waals surface area contributed by atoms with Gasteiger partial charge in [-0.25, -0.2) is 4.98 Å². The third-order valence-electron chi connectivity index (χ3n) is 3.16. The van der Waals surface area contributed by atoms with Crippen LogP contribution in [0.3, 0.4) is 0 Å². The van der Waals surface area contributed by atoms with Crippen molar-refractivity contribution in [2.45, 2.75) is 6.42 Å². The number of carbonyl (C=O) groups is 1. The van der Waals surface area contributed by atoms with Gasteiger partial charge in [0.25, 0.3) is 0 Å². The number of anilines is 1. The zero-order valence-electron chi connectivity index (χ0n) is 12.6. The molecule has 2 heterocycles. The molecule has 5 nitrogen and oxygen atoms in total. The Bertz CT molecular complexity index is 820. The number of nitrogens with zero attached hydrogens (tertiary/aromatic N) is 3. The molecule has 0 unspecified atom stereocenters. The topological polar surface area (TPSA) is 59.8 Å². The summed E-state index contributed by atoms with van der Waals surface area (Å²) in [4.78, 5) is 17.3. The van der Waals surface area contributed by atoms with E-state index in [1.165, 1.54) is 23.0 Å². The minimum atomic E-state index is -0.200. The predicted molar refractivity (Wildman–Crippen MR) is 92.2 cm³/mol. The summed E-state index contributed by atoms with van der Waals surface area (Å²) in [7, 11) is 1.83. The molecule has 2 aromatic heterocycles. The fraction of sp³-hybridized carbons (Fsp3) is 0.118. The van der Waals surface area contributed by atoms with Gasteiger partial charge < -0.3 is 0 Å². The third kappa shape index (κ3) is 4.37. The first-order chi connectivity index (χ1) is 11.2. The maximum absolute atomic E-state index is 11.9. The van der Waals surface area contributed by atoms with E-state index in [4.69, 9.17) is 0 Å². The van der Waals surface area contributed by atoms with Crippen molar-refractivity contribution in [2.24, 2.45) is 7.05 Å². The monoisotopic (exact) mass is 324 g/mol. The van der Waals surface area contributed by atoms with Gasteiger partial charge in [0, 0.05) is 42.4 Å². The molecule has 0 atom stereocenters. The lowest BCUT2D eigenvalue weighted by atomic mass is 10.1. The van der Waals surface area contributed by atoms with Crippen LogP contribution in [-0.4, -0.2) is 20.7 Å². The highest BCUT2D eigenvalue weighted by Crippen LogP contribution is 2.21. The molecule has 3 rings (SSSR count). The van der Waals surface area contributed by atoms with E-state index in [1.54, 1.807) is 23.2 Å². The van der Waals surface area contributed by atoms with Gasteiger partial charge in [-0.15, -0.1) is 11.3 Å². The van der Waals surface area contributed by atoms with E-state index in [-0.39, 0.29) is 5.91 Å². The van der Waals surface area contributed by atoms with Crippen LogP contribution in [0.1, 0.15) is 16.0 Å². The first kappa shape index (κ1) is 15.2. The summed E-state index contributed by atoms with van der Waals surface area (Å²) in [6.07, 6.45) is 9.37. The highest BCUT2D eigenvalue weighted by molar-refractivity contribution is 7.15. The van der Waals surface area contributed by atoms with Crippen LogP contribution >= 0.6 is 11.3 Å². The molecule has 116 valence electrons. The van der Waals surface area contributed by atoms with Gasteiger partial charge in [-0.1, -0.05) is 30.3 Å². The molecule has 0 saturated heterocycles. The van der Waals surface area contributed by atoms with Crippen molar-refractivity contribution < 1.29 is 4.79 Å². The SMILES string of the molecule is Cn1cc(C=CC(=O)Nc2ncc(Cc3ccccc3)s2)cn1. The summed E-state index contributed by atoms with van der Waals surface area (Å²) in [5.74, 6) is -0.200.